The number of amides is 1. The number of benzene rings is 1. The van der Waals surface area contributed by atoms with E-state index in [4.69, 9.17) is 14.0 Å². The summed E-state index contributed by atoms with van der Waals surface area (Å²) in [4.78, 5) is 14.3. The number of carbonyl (C=O) groups excluding carboxylic acids is 1. The summed E-state index contributed by atoms with van der Waals surface area (Å²) in [5, 5.41) is 0. The Morgan fingerprint density at radius 1 is 1.06 bits per heavy atom. The summed E-state index contributed by atoms with van der Waals surface area (Å²) in [6, 6.07) is 8.47. The molecule has 1 aromatic carbocycles. The smallest absolute Gasteiger partial charge is 0.444 e. The Kier molecular flexibility index (Phi) is 6.37. The van der Waals surface area contributed by atoms with Gasteiger partial charge < -0.3 is 18.9 Å². The van der Waals surface area contributed by atoms with Gasteiger partial charge in [-0.1, -0.05) is 24.3 Å². The number of alkyl halides is 1. The Labute approximate surface area is 198 Å². The van der Waals surface area contributed by atoms with E-state index in [0.717, 1.165) is 24.7 Å². The molecule has 2 saturated heterocycles. The van der Waals surface area contributed by atoms with E-state index >= 15 is 0 Å². The van der Waals surface area contributed by atoms with Gasteiger partial charge in [-0.2, -0.15) is 0 Å². The van der Waals surface area contributed by atoms with Crippen LogP contribution < -0.4 is 5.46 Å². The second kappa shape index (κ2) is 8.56. The molecule has 4 rings (SSSR count). The summed E-state index contributed by atoms with van der Waals surface area (Å²) in [5.41, 5.74) is 1.03. The first-order valence-electron chi connectivity index (χ1n) is 12.3. The van der Waals surface area contributed by atoms with E-state index in [-0.39, 0.29) is 37.0 Å². The molecule has 1 aromatic rings. The van der Waals surface area contributed by atoms with Crippen molar-refractivity contribution in [3.05, 3.63) is 29.8 Å². The van der Waals surface area contributed by atoms with E-state index in [1.54, 1.807) is 4.90 Å². The van der Waals surface area contributed by atoms with E-state index in [1.807, 2.05) is 20.8 Å². The number of nitrogens with zero attached hydrogens (tertiary/aromatic N) is 1. The van der Waals surface area contributed by atoms with Crippen molar-refractivity contribution in [3.8, 4) is 0 Å². The van der Waals surface area contributed by atoms with Crippen molar-refractivity contribution >= 4 is 18.7 Å². The molecule has 0 N–H and O–H groups in total. The first-order chi connectivity index (χ1) is 15.3. The fourth-order valence-corrected chi connectivity index (χ4v) is 5.36. The van der Waals surface area contributed by atoms with Crippen LogP contribution in [0.2, 0.25) is 0 Å². The number of hydrogen-bond donors (Lipinski definition) is 0. The molecule has 1 saturated carbocycles. The first-order valence-corrected chi connectivity index (χ1v) is 12.3. The Balaban J connectivity index is 1.40. The van der Waals surface area contributed by atoms with Crippen LogP contribution >= 0.6 is 0 Å². The monoisotopic (exact) mass is 459 g/mol. The van der Waals surface area contributed by atoms with Gasteiger partial charge in [0.2, 0.25) is 0 Å². The predicted octanol–water partition coefficient (Wildman–Crippen LogP) is 5.22. The Morgan fingerprint density at radius 2 is 1.67 bits per heavy atom. The molecule has 1 amide bonds. The average Bonchev–Trinajstić information content (AvgIpc) is 3.37. The molecule has 33 heavy (non-hydrogen) atoms. The van der Waals surface area contributed by atoms with Gasteiger partial charge in [0.1, 0.15) is 11.8 Å². The molecule has 1 aliphatic carbocycles. The minimum atomic E-state index is -0.972. The number of likely N-dealkylation sites (tertiary alicyclic amines) is 1. The second-order valence-electron chi connectivity index (χ2n) is 12.1. The molecular formula is C26H39BFNO4. The van der Waals surface area contributed by atoms with Crippen LogP contribution in [0.15, 0.2) is 24.3 Å². The highest BCUT2D eigenvalue weighted by molar-refractivity contribution is 6.62. The summed E-state index contributed by atoms with van der Waals surface area (Å²) in [5.74, 6) is 0.715. The number of ether oxygens (including phenoxy) is 1. The van der Waals surface area contributed by atoms with Crippen molar-refractivity contribution in [1.82, 2.24) is 4.90 Å². The van der Waals surface area contributed by atoms with Crippen molar-refractivity contribution in [2.24, 2.45) is 5.92 Å². The maximum absolute atomic E-state index is 14.3. The minimum absolute atomic E-state index is 0.0797. The maximum Gasteiger partial charge on any atom is 0.494 e. The summed E-state index contributed by atoms with van der Waals surface area (Å²) in [6.07, 6.45) is 2.07. The van der Waals surface area contributed by atoms with Crippen molar-refractivity contribution in [2.45, 2.75) is 109 Å². The molecule has 4 atom stereocenters. The van der Waals surface area contributed by atoms with Gasteiger partial charge in [-0.15, -0.1) is 0 Å². The van der Waals surface area contributed by atoms with E-state index in [2.05, 4.69) is 52.0 Å². The van der Waals surface area contributed by atoms with Crippen molar-refractivity contribution < 1.29 is 23.2 Å². The topological polar surface area (TPSA) is 48.0 Å². The number of rotatable bonds is 3. The van der Waals surface area contributed by atoms with E-state index < -0.39 is 11.8 Å². The molecule has 0 bridgehead atoms. The zero-order valence-corrected chi connectivity index (χ0v) is 21.2. The van der Waals surface area contributed by atoms with Crippen LogP contribution in [0, 0.1) is 5.92 Å². The van der Waals surface area contributed by atoms with Crippen LogP contribution in [-0.2, 0) is 14.0 Å². The van der Waals surface area contributed by atoms with Crippen LogP contribution in [0.25, 0.3) is 0 Å². The second-order valence-corrected chi connectivity index (χ2v) is 12.1. The molecule has 182 valence electrons. The molecule has 2 unspecified atom stereocenters. The zero-order chi connectivity index (χ0) is 24.2. The zero-order valence-electron chi connectivity index (χ0n) is 21.2. The highest BCUT2D eigenvalue weighted by Crippen LogP contribution is 2.44. The van der Waals surface area contributed by atoms with Gasteiger partial charge in [-0.3, -0.25) is 0 Å². The Morgan fingerprint density at radius 3 is 2.24 bits per heavy atom. The van der Waals surface area contributed by atoms with Crippen molar-refractivity contribution in [2.75, 3.05) is 6.54 Å². The lowest BCUT2D eigenvalue weighted by Crippen LogP contribution is -2.42. The summed E-state index contributed by atoms with van der Waals surface area (Å²) in [7, 11) is -0.359. The van der Waals surface area contributed by atoms with Gasteiger partial charge in [-0.05, 0) is 90.6 Å². The van der Waals surface area contributed by atoms with Crippen LogP contribution in [0.5, 0.6) is 0 Å². The van der Waals surface area contributed by atoms with Gasteiger partial charge in [0.25, 0.3) is 0 Å². The van der Waals surface area contributed by atoms with Crippen molar-refractivity contribution in [3.63, 3.8) is 0 Å². The normalized spacial score (nSPS) is 31.3. The fourth-order valence-electron chi connectivity index (χ4n) is 5.36. The third-order valence-electron chi connectivity index (χ3n) is 7.87. The van der Waals surface area contributed by atoms with Crippen LogP contribution in [0.4, 0.5) is 9.18 Å². The van der Waals surface area contributed by atoms with E-state index in [1.165, 1.54) is 5.56 Å². The number of halogens is 1. The molecule has 3 aliphatic rings. The quantitative estimate of drug-likeness (QED) is 0.582. The highest BCUT2D eigenvalue weighted by Gasteiger charge is 2.51. The number of carbonyl (C=O) groups is 1. The molecule has 7 heteroatoms. The first kappa shape index (κ1) is 24.5. The molecule has 0 aromatic heterocycles. The van der Waals surface area contributed by atoms with Gasteiger partial charge >= 0.3 is 13.2 Å². The third-order valence-corrected chi connectivity index (χ3v) is 7.87. The van der Waals surface area contributed by atoms with Gasteiger partial charge in [-0.25, -0.2) is 9.18 Å². The SMILES string of the molecule is CC(C)(C)OC(=O)N1C[C@@H](F)C[C@H]1C1CCC(c2ccc(B3OC(C)(C)C(C)(C)O3)cc2)C1. The largest absolute Gasteiger partial charge is 0.494 e. The van der Waals surface area contributed by atoms with E-state index in [0.29, 0.717) is 18.3 Å². The number of hydrogen-bond acceptors (Lipinski definition) is 4. The van der Waals surface area contributed by atoms with Gasteiger partial charge in [0.05, 0.1) is 17.7 Å². The standard InChI is InChI=1S/C26H39BFNO4/c1-24(2,3)31-23(30)29-16-21(28)15-22(29)19-9-8-18(14-19)17-10-12-20(13-11-17)27-32-25(4,5)26(6,7)33-27/h10-13,18-19,21-22H,8-9,14-16H2,1-7H3/t18?,19?,21-,22-/m0/s1. The lowest BCUT2D eigenvalue weighted by molar-refractivity contribution is 0.00578. The summed E-state index contributed by atoms with van der Waals surface area (Å²) in [6.45, 7) is 13.9. The minimum Gasteiger partial charge on any atom is -0.444 e. The summed E-state index contributed by atoms with van der Waals surface area (Å²) < 4.78 is 32.2. The lowest BCUT2D eigenvalue weighted by Gasteiger charge is -2.32. The Bertz CT molecular complexity index is 850. The molecule has 5 nitrogen and oxygen atoms in total. The third kappa shape index (κ3) is 5.09. The molecule has 3 fully saturated rings. The molecule has 0 radical (unpaired) electrons. The average molecular weight is 459 g/mol. The van der Waals surface area contributed by atoms with Gasteiger partial charge in [0.15, 0.2) is 0 Å². The van der Waals surface area contributed by atoms with Crippen LogP contribution in [-0.4, -0.2) is 53.7 Å². The predicted molar refractivity (Wildman–Crippen MR) is 128 cm³/mol. The molecule has 2 heterocycles. The lowest BCUT2D eigenvalue weighted by atomic mass is 9.78. The summed E-state index contributed by atoms with van der Waals surface area (Å²) >= 11 is 0. The Hall–Kier alpha value is -1.60. The maximum atomic E-state index is 14.3. The van der Waals surface area contributed by atoms with Crippen LogP contribution in [0.1, 0.15) is 85.6 Å². The highest BCUT2D eigenvalue weighted by atomic mass is 19.1. The van der Waals surface area contributed by atoms with Crippen molar-refractivity contribution in [1.29, 1.82) is 0 Å². The van der Waals surface area contributed by atoms with Crippen LogP contribution in [0.3, 0.4) is 0 Å². The molecule has 2 aliphatic heterocycles. The fraction of sp³-hybridized carbons (Fsp3) is 0.731. The molecule has 0 spiro atoms. The van der Waals surface area contributed by atoms with Gasteiger partial charge in [0, 0.05) is 12.5 Å². The van der Waals surface area contributed by atoms with E-state index in [9.17, 15) is 9.18 Å². The molecular weight excluding hydrogens is 420 g/mol.